The van der Waals surface area contributed by atoms with Crippen LogP contribution in [0.25, 0.3) is 0 Å². The summed E-state index contributed by atoms with van der Waals surface area (Å²) < 4.78 is 0. The average molecular weight is 205 g/mol. The normalized spacial score (nSPS) is 20.7. The molecule has 1 heterocycles. The van der Waals surface area contributed by atoms with Crippen molar-refractivity contribution in [1.29, 1.82) is 0 Å². The number of likely N-dealkylation sites (N-methyl/N-ethyl adjacent to an activating group) is 1. The van der Waals surface area contributed by atoms with Crippen LogP contribution in [0.5, 0.6) is 0 Å². The van der Waals surface area contributed by atoms with Gasteiger partial charge in [0.25, 0.3) is 0 Å². The highest BCUT2D eigenvalue weighted by molar-refractivity contribution is 6.05. The first-order valence-corrected chi connectivity index (χ1v) is 5.02. The van der Waals surface area contributed by atoms with E-state index in [9.17, 15) is 9.90 Å². The molecule has 80 valence electrons. The maximum Gasteiger partial charge on any atom is 0.237 e. The van der Waals surface area contributed by atoms with E-state index in [0.29, 0.717) is 0 Å². The molecule has 0 aromatic heterocycles. The molecule has 1 aromatic rings. The maximum atomic E-state index is 12.0. The molecule has 3 heteroatoms. The molecule has 1 unspecified atom stereocenters. The van der Waals surface area contributed by atoms with Crippen molar-refractivity contribution in [3.05, 3.63) is 29.8 Å². The molecule has 0 bridgehead atoms. The summed E-state index contributed by atoms with van der Waals surface area (Å²) in [5.74, 6) is -0.484. The summed E-state index contributed by atoms with van der Waals surface area (Å²) in [6.07, 6.45) is 0. The Kier molecular flexibility index (Phi) is 2.08. The van der Waals surface area contributed by atoms with E-state index in [1.807, 2.05) is 24.3 Å². The van der Waals surface area contributed by atoms with Crippen LogP contribution in [-0.2, 0) is 4.79 Å². The van der Waals surface area contributed by atoms with Gasteiger partial charge in [0.15, 0.2) is 0 Å². The molecule has 0 aliphatic carbocycles. The number of carbonyl (C=O) groups is 1. The number of amides is 1. The Morgan fingerprint density at radius 3 is 2.53 bits per heavy atom. The Morgan fingerprint density at radius 2 is 1.93 bits per heavy atom. The van der Waals surface area contributed by atoms with Gasteiger partial charge >= 0.3 is 0 Å². The first-order valence-electron chi connectivity index (χ1n) is 5.02. The highest BCUT2D eigenvalue weighted by Gasteiger charge is 2.43. The van der Waals surface area contributed by atoms with Crippen molar-refractivity contribution in [2.75, 3.05) is 11.9 Å². The molecule has 0 saturated heterocycles. The number of benzene rings is 1. The van der Waals surface area contributed by atoms with Crippen LogP contribution >= 0.6 is 0 Å². The fraction of sp³-hybridized carbons (Fsp3) is 0.417. The van der Waals surface area contributed by atoms with Crippen molar-refractivity contribution in [1.82, 2.24) is 0 Å². The lowest BCUT2D eigenvalue weighted by Crippen LogP contribution is -2.36. The Morgan fingerprint density at radius 1 is 1.33 bits per heavy atom. The number of hydrogen-bond donors (Lipinski definition) is 1. The second-order valence-corrected chi connectivity index (χ2v) is 4.54. The van der Waals surface area contributed by atoms with Crippen LogP contribution in [0.2, 0.25) is 0 Å². The Bertz CT molecular complexity index is 406. The first-order chi connectivity index (χ1) is 6.93. The zero-order valence-corrected chi connectivity index (χ0v) is 9.19. The summed E-state index contributed by atoms with van der Waals surface area (Å²) in [6, 6.07) is 7.59. The molecule has 0 radical (unpaired) electrons. The van der Waals surface area contributed by atoms with Gasteiger partial charge < -0.3 is 10.0 Å². The Hall–Kier alpha value is -1.35. The predicted molar refractivity (Wildman–Crippen MR) is 58.9 cm³/mol. The van der Waals surface area contributed by atoms with E-state index in [0.717, 1.165) is 11.3 Å². The number of aliphatic hydroxyl groups is 1. The van der Waals surface area contributed by atoms with Crippen LogP contribution in [0, 0.1) is 0 Å². The number of para-hydroxylation sites is 1. The van der Waals surface area contributed by atoms with Crippen LogP contribution < -0.4 is 4.90 Å². The topological polar surface area (TPSA) is 40.5 Å². The molecule has 0 fully saturated rings. The molecule has 0 spiro atoms. The lowest BCUT2D eigenvalue weighted by Gasteiger charge is -2.24. The van der Waals surface area contributed by atoms with E-state index in [-0.39, 0.29) is 5.91 Å². The molecule has 1 aromatic carbocycles. The van der Waals surface area contributed by atoms with E-state index < -0.39 is 11.5 Å². The number of rotatable bonds is 1. The third kappa shape index (κ3) is 1.43. The standard InChI is InChI=1S/C12H15NO2/c1-12(2,15)10-8-6-4-5-7-9(8)13(3)11(10)14/h4-7,10,15H,1-3H3. The summed E-state index contributed by atoms with van der Waals surface area (Å²) in [6.45, 7) is 3.34. The van der Waals surface area contributed by atoms with E-state index in [4.69, 9.17) is 0 Å². The number of anilines is 1. The molecule has 3 nitrogen and oxygen atoms in total. The maximum absolute atomic E-state index is 12.0. The zero-order chi connectivity index (χ0) is 11.2. The fourth-order valence-corrected chi connectivity index (χ4v) is 2.17. The van der Waals surface area contributed by atoms with E-state index in [1.54, 1.807) is 25.8 Å². The van der Waals surface area contributed by atoms with Gasteiger partial charge in [0, 0.05) is 12.7 Å². The molecule has 2 rings (SSSR count). The van der Waals surface area contributed by atoms with Crippen molar-refractivity contribution >= 4 is 11.6 Å². The molecule has 1 N–H and O–H groups in total. The van der Waals surface area contributed by atoms with Crippen molar-refractivity contribution < 1.29 is 9.90 Å². The molecular weight excluding hydrogens is 190 g/mol. The van der Waals surface area contributed by atoms with Crippen molar-refractivity contribution in [3.8, 4) is 0 Å². The minimum Gasteiger partial charge on any atom is -0.389 e. The van der Waals surface area contributed by atoms with Gasteiger partial charge in [-0.15, -0.1) is 0 Å². The molecule has 1 aliphatic rings. The summed E-state index contributed by atoms with van der Waals surface area (Å²) >= 11 is 0. The van der Waals surface area contributed by atoms with Crippen LogP contribution in [-0.4, -0.2) is 23.7 Å². The molecule has 1 atom stereocenters. The minimum absolute atomic E-state index is 0.0382. The number of carbonyl (C=O) groups excluding carboxylic acids is 1. The largest absolute Gasteiger partial charge is 0.389 e. The molecule has 15 heavy (non-hydrogen) atoms. The van der Waals surface area contributed by atoms with Gasteiger partial charge in [-0.1, -0.05) is 18.2 Å². The third-order valence-electron chi connectivity index (χ3n) is 2.89. The summed E-state index contributed by atoms with van der Waals surface area (Å²) in [5.41, 5.74) is 0.796. The van der Waals surface area contributed by atoms with Crippen LogP contribution in [0.3, 0.4) is 0 Å². The molecular formula is C12H15NO2. The number of nitrogens with zero attached hydrogens (tertiary/aromatic N) is 1. The van der Waals surface area contributed by atoms with Gasteiger partial charge in [0.2, 0.25) is 5.91 Å². The number of fused-ring (bicyclic) bond motifs is 1. The van der Waals surface area contributed by atoms with E-state index in [1.165, 1.54) is 0 Å². The van der Waals surface area contributed by atoms with Crippen LogP contribution in [0.4, 0.5) is 5.69 Å². The quantitative estimate of drug-likeness (QED) is 0.755. The van der Waals surface area contributed by atoms with Crippen LogP contribution in [0.15, 0.2) is 24.3 Å². The average Bonchev–Trinajstić information content (AvgIpc) is 2.39. The second kappa shape index (κ2) is 3.07. The van der Waals surface area contributed by atoms with Gasteiger partial charge in [-0.05, 0) is 25.5 Å². The van der Waals surface area contributed by atoms with E-state index in [2.05, 4.69) is 0 Å². The SMILES string of the molecule is CN1C(=O)C(C(C)(C)O)c2ccccc21. The van der Waals surface area contributed by atoms with Crippen LogP contribution in [0.1, 0.15) is 25.3 Å². The minimum atomic E-state index is -1.02. The van der Waals surface area contributed by atoms with Gasteiger partial charge in [-0.3, -0.25) is 4.79 Å². The summed E-state index contributed by atoms with van der Waals surface area (Å²) in [4.78, 5) is 13.6. The summed E-state index contributed by atoms with van der Waals surface area (Å²) in [5, 5.41) is 10.0. The summed E-state index contributed by atoms with van der Waals surface area (Å²) in [7, 11) is 1.74. The fourth-order valence-electron chi connectivity index (χ4n) is 2.17. The molecule has 1 aliphatic heterocycles. The van der Waals surface area contributed by atoms with Gasteiger partial charge in [-0.25, -0.2) is 0 Å². The highest BCUT2D eigenvalue weighted by Crippen LogP contribution is 2.41. The lowest BCUT2D eigenvalue weighted by atomic mass is 9.86. The lowest BCUT2D eigenvalue weighted by molar-refractivity contribution is -0.123. The van der Waals surface area contributed by atoms with E-state index >= 15 is 0 Å². The predicted octanol–water partition coefficient (Wildman–Crippen LogP) is 1.52. The Labute approximate surface area is 89.3 Å². The third-order valence-corrected chi connectivity index (χ3v) is 2.89. The second-order valence-electron chi connectivity index (χ2n) is 4.54. The van der Waals surface area contributed by atoms with Gasteiger partial charge in [0.05, 0.1) is 11.5 Å². The van der Waals surface area contributed by atoms with Crippen molar-refractivity contribution in [3.63, 3.8) is 0 Å². The Balaban J connectivity index is 2.57. The zero-order valence-electron chi connectivity index (χ0n) is 9.19. The van der Waals surface area contributed by atoms with Crippen molar-refractivity contribution in [2.45, 2.75) is 25.4 Å². The highest BCUT2D eigenvalue weighted by atomic mass is 16.3. The van der Waals surface area contributed by atoms with Gasteiger partial charge in [-0.2, -0.15) is 0 Å². The molecule has 0 saturated carbocycles. The monoisotopic (exact) mass is 205 g/mol. The number of hydrogen-bond acceptors (Lipinski definition) is 2. The van der Waals surface area contributed by atoms with Crippen molar-refractivity contribution in [2.24, 2.45) is 0 Å². The first kappa shape index (κ1) is 10.2. The van der Waals surface area contributed by atoms with Gasteiger partial charge in [0.1, 0.15) is 0 Å². The smallest absolute Gasteiger partial charge is 0.237 e. The molecule has 1 amide bonds.